The molecule has 1 rings (SSSR count). The second-order valence-corrected chi connectivity index (χ2v) is 5.61. The molecule has 0 aromatic carbocycles. The van der Waals surface area contributed by atoms with Crippen LogP contribution in [-0.2, 0) is 14.8 Å². The lowest BCUT2D eigenvalue weighted by molar-refractivity contribution is -0.143. The number of hydrogen-bond acceptors (Lipinski definition) is 4. The average molecular weight is 261 g/mol. The Morgan fingerprint density at radius 2 is 2.24 bits per heavy atom. The minimum absolute atomic E-state index is 0.0431. The molecule has 0 aliphatic carbocycles. The van der Waals surface area contributed by atoms with Crippen molar-refractivity contribution in [2.24, 2.45) is 0 Å². The van der Waals surface area contributed by atoms with E-state index in [1.54, 1.807) is 13.8 Å². The number of aliphatic carboxylic acids is 1. The Balaban J connectivity index is 3.11. The molecule has 8 heteroatoms. The number of sulfonamides is 1. The molecule has 0 amide bonds. The zero-order valence-electron chi connectivity index (χ0n) is 9.81. The number of carboxylic acid groups (broad SMARTS) is 1. The van der Waals surface area contributed by atoms with Gasteiger partial charge in [0, 0.05) is 0 Å². The van der Waals surface area contributed by atoms with Crippen molar-refractivity contribution in [2.75, 3.05) is 0 Å². The number of aryl methyl sites for hydroxylation is 1. The summed E-state index contributed by atoms with van der Waals surface area (Å²) in [7, 11) is -3.89. The lowest BCUT2D eigenvalue weighted by Gasteiger charge is -2.23. The molecule has 0 aliphatic heterocycles. The van der Waals surface area contributed by atoms with Crippen molar-refractivity contribution in [2.45, 2.75) is 37.6 Å². The first-order chi connectivity index (χ1) is 7.73. The maximum atomic E-state index is 12.0. The van der Waals surface area contributed by atoms with Crippen molar-refractivity contribution < 1.29 is 18.3 Å². The molecule has 1 aromatic heterocycles. The van der Waals surface area contributed by atoms with Gasteiger partial charge < -0.3 is 5.11 Å². The van der Waals surface area contributed by atoms with Crippen molar-refractivity contribution >= 4 is 16.0 Å². The van der Waals surface area contributed by atoms with Crippen molar-refractivity contribution in [3.05, 3.63) is 11.9 Å². The van der Waals surface area contributed by atoms with Crippen LogP contribution in [0, 0.1) is 6.92 Å². The molecule has 0 saturated heterocycles. The first kappa shape index (κ1) is 13.7. The summed E-state index contributed by atoms with van der Waals surface area (Å²) >= 11 is 0. The molecule has 1 heterocycles. The Morgan fingerprint density at radius 1 is 1.65 bits per heavy atom. The third-order valence-electron chi connectivity index (χ3n) is 2.61. The van der Waals surface area contributed by atoms with E-state index in [0.29, 0.717) is 5.69 Å². The van der Waals surface area contributed by atoms with Gasteiger partial charge in [0.15, 0.2) is 0 Å². The molecule has 0 radical (unpaired) electrons. The largest absolute Gasteiger partial charge is 0.480 e. The normalized spacial score (nSPS) is 15.5. The van der Waals surface area contributed by atoms with Crippen LogP contribution in [0.4, 0.5) is 0 Å². The summed E-state index contributed by atoms with van der Waals surface area (Å²) in [5.41, 5.74) is -1.16. The van der Waals surface area contributed by atoms with E-state index < -0.39 is 21.5 Å². The van der Waals surface area contributed by atoms with Crippen LogP contribution in [0.1, 0.15) is 26.0 Å². The summed E-state index contributed by atoms with van der Waals surface area (Å²) in [6.45, 7) is 4.47. The van der Waals surface area contributed by atoms with Crippen molar-refractivity contribution in [3.63, 3.8) is 0 Å². The molecule has 7 nitrogen and oxygen atoms in total. The Bertz CT molecular complexity index is 522. The predicted molar refractivity (Wildman–Crippen MR) is 60.0 cm³/mol. The van der Waals surface area contributed by atoms with Crippen LogP contribution in [0.3, 0.4) is 0 Å². The molecule has 0 aliphatic rings. The molecule has 0 spiro atoms. The smallest absolute Gasteiger partial charge is 0.324 e. The van der Waals surface area contributed by atoms with Crippen molar-refractivity contribution in [1.29, 1.82) is 0 Å². The summed E-state index contributed by atoms with van der Waals surface area (Å²) in [5, 5.41) is 15.1. The van der Waals surface area contributed by atoms with Crippen LogP contribution in [0.15, 0.2) is 11.1 Å². The number of H-pyrrole nitrogens is 1. The minimum Gasteiger partial charge on any atom is -0.480 e. The average Bonchev–Trinajstić information content (AvgIpc) is 2.64. The zero-order valence-corrected chi connectivity index (χ0v) is 10.6. The molecule has 1 unspecified atom stereocenters. The van der Waals surface area contributed by atoms with Gasteiger partial charge in [0.25, 0.3) is 0 Å². The van der Waals surface area contributed by atoms with Gasteiger partial charge in [-0.15, -0.1) is 0 Å². The molecular weight excluding hydrogens is 246 g/mol. The standard InChI is InChI=1S/C9H15N3O4S/c1-4-9(3,8(13)14)12-17(15,16)7-5-10-11-6(7)2/h5,12H,4H2,1-3H3,(H,10,11)(H,13,14). The van der Waals surface area contributed by atoms with E-state index in [4.69, 9.17) is 5.11 Å². The third-order valence-corrected chi connectivity index (χ3v) is 4.32. The fourth-order valence-electron chi connectivity index (χ4n) is 1.23. The molecule has 0 bridgehead atoms. The van der Waals surface area contributed by atoms with Crippen LogP contribution >= 0.6 is 0 Å². The number of carboxylic acids is 1. The quantitative estimate of drug-likeness (QED) is 0.703. The molecule has 0 fully saturated rings. The fourth-order valence-corrected chi connectivity index (χ4v) is 2.80. The predicted octanol–water partition coefficient (Wildman–Crippen LogP) is 0.250. The summed E-state index contributed by atoms with van der Waals surface area (Å²) in [6.07, 6.45) is 1.29. The SMILES string of the molecule is CCC(C)(NS(=O)(=O)c1cn[nH]c1C)C(=O)O. The Hall–Kier alpha value is -1.41. The van der Waals surface area contributed by atoms with E-state index in [1.165, 1.54) is 6.92 Å². The van der Waals surface area contributed by atoms with Gasteiger partial charge >= 0.3 is 5.97 Å². The van der Waals surface area contributed by atoms with Gasteiger partial charge in [-0.1, -0.05) is 6.92 Å². The fraction of sp³-hybridized carbons (Fsp3) is 0.556. The molecule has 1 aromatic rings. The lowest BCUT2D eigenvalue weighted by atomic mass is 10.0. The topological polar surface area (TPSA) is 112 Å². The number of aromatic amines is 1. The summed E-state index contributed by atoms with van der Waals surface area (Å²) in [6, 6.07) is 0. The highest BCUT2D eigenvalue weighted by atomic mass is 32.2. The number of nitrogens with zero attached hydrogens (tertiary/aromatic N) is 1. The van der Waals surface area contributed by atoms with E-state index in [2.05, 4.69) is 14.9 Å². The van der Waals surface area contributed by atoms with Crippen molar-refractivity contribution in [3.8, 4) is 0 Å². The highest BCUT2D eigenvalue weighted by Gasteiger charge is 2.36. The number of aromatic nitrogens is 2. The Kier molecular flexibility index (Phi) is 3.58. The third kappa shape index (κ3) is 2.64. The van der Waals surface area contributed by atoms with Crippen LogP contribution in [0.25, 0.3) is 0 Å². The van der Waals surface area contributed by atoms with E-state index in [-0.39, 0.29) is 11.3 Å². The van der Waals surface area contributed by atoms with E-state index in [9.17, 15) is 13.2 Å². The van der Waals surface area contributed by atoms with Gasteiger partial charge in [-0.05, 0) is 20.3 Å². The second kappa shape index (κ2) is 4.46. The lowest BCUT2D eigenvalue weighted by Crippen LogP contribution is -2.51. The minimum atomic E-state index is -3.89. The van der Waals surface area contributed by atoms with Crippen molar-refractivity contribution in [1.82, 2.24) is 14.9 Å². The number of hydrogen-bond donors (Lipinski definition) is 3. The molecular formula is C9H15N3O4S. The van der Waals surface area contributed by atoms with Gasteiger partial charge in [0.05, 0.1) is 11.9 Å². The summed E-state index contributed by atoms with van der Waals surface area (Å²) < 4.78 is 26.1. The van der Waals surface area contributed by atoms with Gasteiger partial charge in [-0.3, -0.25) is 9.89 Å². The number of carbonyl (C=O) groups is 1. The zero-order chi connectivity index (χ0) is 13.3. The number of rotatable bonds is 5. The first-order valence-corrected chi connectivity index (χ1v) is 6.48. The van der Waals surface area contributed by atoms with E-state index in [0.717, 1.165) is 6.20 Å². The van der Waals surface area contributed by atoms with Crippen LogP contribution in [-0.4, -0.2) is 35.2 Å². The van der Waals surface area contributed by atoms with Crippen LogP contribution in [0.2, 0.25) is 0 Å². The van der Waals surface area contributed by atoms with E-state index in [1.807, 2.05) is 0 Å². The first-order valence-electron chi connectivity index (χ1n) is 5.00. The summed E-state index contributed by atoms with van der Waals surface area (Å²) in [4.78, 5) is 11.0. The van der Waals surface area contributed by atoms with Crippen LogP contribution < -0.4 is 4.72 Å². The number of nitrogens with one attached hydrogen (secondary N) is 2. The molecule has 3 N–H and O–H groups in total. The maximum Gasteiger partial charge on any atom is 0.324 e. The highest BCUT2D eigenvalue weighted by Crippen LogP contribution is 2.17. The van der Waals surface area contributed by atoms with E-state index >= 15 is 0 Å². The van der Waals surface area contributed by atoms with Crippen LogP contribution in [0.5, 0.6) is 0 Å². The second-order valence-electron chi connectivity index (χ2n) is 3.96. The monoisotopic (exact) mass is 261 g/mol. The highest BCUT2D eigenvalue weighted by molar-refractivity contribution is 7.89. The Labute approximate surface area is 99.3 Å². The molecule has 96 valence electrons. The van der Waals surface area contributed by atoms with Gasteiger partial charge in [-0.25, -0.2) is 8.42 Å². The maximum absolute atomic E-state index is 12.0. The summed E-state index contributed by atoms with van der Waals surface area (Å²) in [5.74, 6) is -1.22. The molecule has 0 saturated carbocycles. The van der Waals surface area contributed by atoms with Gasteiger partial charge in [0.2, 0.25) is 10.0 Å². The van der Waals surface area contributed by atoms with Gasteiger partial charge in [-0.2, -0.15) is 9.82 Å². The molecule has 1 atom stereocenters. The Morgan fingerprint density at radius 3 is 2.59 bits per heavy atom. The molecule has 17 heavy (non-hydrogen) atoms. The van der Waals surface area contributed by atoms with Gasteiger partial charge in [0.1, 0.15) is 10.4 Å².